The Morgan fingerprint density at radius 3 is 0.915 bits per heavy atom. The molecule has 0 saturated heterocycles. The van der Waals surface area contributed by atoms with Crippen LogP contribution in [0.5, 0.6) is 23.0 Å². The van der Waals surface area contributed by atoms with Crippen LogP contribution in [0, 0.1) is 0 Å². The van der Waals surface area contributed by atoms with E-state index in [1.54, 1.807) is 0 Å². The van der Waals surface area contributed by atoms with Crippen molar-refractivity contribution in [3.63, 3.8) is 0 Å². The lowest BCUT2D eigenvalue weighted by molar-refractivity contribution is 0.473. The molecule has 4 aromatic carbocycles. The summed E-state index contributed by atoms with van der Waals surface area (Å²) in [5.74, 6) is 4.06. The van der Waals surface area contributed by atoms with Gasteiger partial charge < -0.3 is 13.9 Å². The van der Waals surface area contributed by atoms with Crippen molar-refractivity contribution in [2.24, 2.45) is 0 Å². The molecule has 246 valence electrons. The second-order valence-corrected chi connectivity index (χ2v) is 16.7. The van der Waals surface area contributed by atoms with Gasteiger partial charge in [0.05, 0.1) is 0 Å². The third-order valence-electron chi connectivity index (χ3n) is 8.38. The monoisotopic (exact) mass is 630 g/mol. The molecule has 0 aliphatic carbocycles. The molecule has 0 aliphatic rings. The standard InChI is InChI=1S/C42H50N2O3/c1-39(2,3)29-21-30(40(4,5)6)24-35(23-29)45-33-17-13-27(14-18-33)37-43-44-38(47-37)28-15-19-34(20-16-28)46-36-25-31(41(7,8)9)22-32(26-36)42(10,11)12/h13-26H,1-12H3. The summed E-state index contributed by atoms with van der Waals surface area (Å²) in [6.45, 7) is 26.7. The van der Waals surface area contributed by atoms with E-state index in [-0.39, 0.29) is 21.7 Å². The third-order valence-corrected chi connectivity index (χ3v) is 8.38. The SMILES string of the molecule is CC(C)(C)c1cc(Oc2ccc(-c3nnc(-c4ccc(Oc5cc(C(C)(C)C)cc(C(C)(C)C)c5)cc4)o3)cc2)cc(C(C)(C)C)c1. The lowest BCUT2D eigenvalue weighted by Gasteiger charge is -2.26. The molecule has 0 radical (unpaired) electrons. The van der Waals surface area contributed by atoms with E-state index in [4.69, 9.17) is 13.9 Å². The average molecular weight is 631 g/mol. The van der Waals surface area contributed by atoms with Gasteiger partial charge in [-0.2, -0.15) is 0 Å². The summed E-state index contributed by atoms with van der Waals surface area (Å²) >= 11 is 0. The Morgan fingerprint density at radius 2 is 0.660 bits per heavy atom. The molecule has 5 heteroatoms. The van der Waals surface area contributed by atoms with Gasteiger partial charge in [-0.3, -0.25) is 0 Å². The highest BCUT2D eigenvalue weighted by molar-refractivity contribution is 5.59. The van der Waals surface area contributed by atoms with Crippen molar-refractivity contribution in [3.8, 4) is 45.9 Å². The van der Waals surface area contributed by atoms with Crippen LogP contribution in [-0.4, -0.2) is 10.2 Å². The highest BCUT2D eigenvalue weighted by Gasteiger charge is 2.23. The summed E-state index contributed by atoms with van der Waals surface area (Å²) < 4.78 is 18.8. The second-order valence-electron chi connectivity index (χ2n) is 16.7. The molecule has 5 rings (SSSR count). The number of hydrogen-bond donors (Lipinski definition) is 0. The first-order valence-electron chi connectivity index (χ1n) is 16.5. The van der Waals surface area contributed by atoms with E-state index in [9.17, 15) is 0 Å². The van der Waals surface area contributed by atoms with E-state index in [0.717, 1.165) is 34.1 Å². The molecular formula is C42H50N2O3. The molecule has 1 heterocycles. The molecule has 5 nitrogen and oxygen atoms in total. The van der Waals surface area contributed by atoms with Gasteiger partial charge in [0, 0.05) is 11.1 Å². The normalized spacial score (nSPS) is 12.7. The first kappa shape index (κ1) is 34.0. The summed E-state index contributed by atoms with van der Waals surface area (Å²) in [7, 11) is 0. The molecule has 5 aromatic rings. The van der Waals surface area contributed by atoms with Crippen LogP contribution >= 0.6 is 0 Å². The highest BCUT2D eigenvalue weighted by Crippen LogP contribution is 2.37. The molecule has 0 aliphatic heterocycles. The maximum absolute atomic E-state index is 6.34. The number of hydrogen-bond acceptors (Lipinski definition) is 5. The summed E-state index contributed by atoms with van der Waals surface area (Å²) in [6.07, 6.45) is 0. The van der Waals surface area contributed by atoms with Crippen molar-refractivity contribution in [1.29, 1.82) is 0 Å². The summed E-state index contributed by atoms with van der Waals surface area (Å²) in [5, 5.41) is 8.64. The first-order valence-corrected chi connectivity index (χ1v) is 16.5. The second kappa shape index (κ2) is 12.3. The van der Waals surface area contributed by atoms with Gasteiger partial charge in [-0.1, -0.05) is 95.2 Å². The van der Waals surface area contributed by atoms with E-state index in [1.165, 1.54) is 22.3 Å². The minimum absolute atomic E-state index is 0.0143. The van der Waals surface area contributed by atoms with Crippen LogP contribution in [0.3, 0.4) is 0 Å². The van der Waals surface area contributed by atoms with E-state index in [0.29, 0.717) is 11.8 Å². The van der Waals surface area contributed by atoms with Gasteiger partial charge in [0.15, 0.2) is 0 Å². The van der Waals surface area contributed by atoms with Crippen LogP contribution in [0.15, 0.2) is 89.3 Å². The Hall–Kier alpha value is -4.38. The number of nitrogens with zero attached hydrogens (tertiary/aromatic N) is 2. The van der Waals surface area contributed by atoms with Gasteiger partial charge in [-0.15, -0.1) is 10.2 Å². The lowest BCUT2D eigenvalue weighted by atomic mass is 9.80. The molecule has 0 atom stereocenters. The zero-order valence-electron chi connectivity index (χ0n) is 30.2. The Bertz CT molecular complexity index is 1640. The molecule has 0 bridgehead atoms. The van der Waals surface area contributed by atoms with Gasteiger partial charge in [0.2, 0.25) is 11.8 Å². The Kier molecular flexibility index (Phi) is 8.91. The minimum Gasteiger partial charge on any atom is -0.457 e. The highest BCUT2D eigenvalue weighted by atomic mass is 16.5. The van der Waals surface area contributed by atoms with Crippen LogP contribution in [0.25, 0.3) is 22.9 Å². The maximum atomic E-state index is 6.34. The summed E-state index contributed by atoms with van der Waals surface area (Å²) in [4.78, 5) is 0. The molecule has 0 N–H and O–H groups in total. The minimum atomic E-state index is 0.0143. The van der Waals surface area contributed by atoms with Crippen molar-refractivity contribution < 1.29 is 13.9 Å². The van der Waals surface area contributed by atoms with Gasteiger partial charge in [-0.05, 0) is 117 Å². The van der Waals surface area contributed by atoms with Crippen LogP contribution < -0.4 is 9.47 Å². The predicted octanol–water partition coefficient (Wildman–Crippen LogP) is 12.2. The quantitative estimate of drug-likeness (QED) is 0.187. The topological polar surface area (TPSA) is 57.4 Å². The predicted molar refractivity (Wildman–Crippen MR) is 193 cm³/mol. The fourth-order valence-corrected chi connectivity index (χ4v) is 5.11. The molecule has 0 spiro atoms. The Morgan fingerprint density at radius 1 is 0.383 bits per heavy atom. The van der Waals surface area contributed by atoms with Crippen molar-refractivity contribution in [2.45, 2.75) is 105 Å². The number of aromatic nitrogens is 2. The van der Waals surface area contributed by atoms with Gasteiger partial charge in [0.25, 0.3) is 0 Å². The molecule has 0 unspecified atom stereocenters. The smallest absolute Gasteiger partial charge is 0.248 e. The number of rotatable bonds is 6. The van der Waals surface area contributed by atoms with Crippen molar-refractivity contribution in [2.75, 3.05) is 0 Å². The lowest BCUT2D eigenvalue weighted by Crippen LogP contribution is -2.16. The molecular weight excluding hydrogens is 580 g/mol. The van der Waals surface area contributed by atoms with Crippen molar-refractivity contribution >= 4 is 0 Å². The number of benzene rings is 4. The average Bonchev–Trinajstić information content (AvgIpc) is 3.46. The van der Waals surface area contributed by atoms with Crippen LogP contribution in [-0.2, 0) is 21.7 Å². The van der Waals surface area contributed by atoms with Crippen LogP contribution in [0.2, 0.25) is 0 Å². The van der Waals surface area contributed by atoms with Crippen molar-refractivity contribution in [3.05, 3.63) is 107 Å². The molecule has 47 heavy (non-hydrogen) atoms. The van der Waals surface area contributed by atoms with E-state index >= 15 is 0 Å². The van der Waals surface area contributed by atoms with E-state index < -0.39 is 0 Å². The number of ether oxygens (including phenoxy) is 2. The third kappa shape index (κ3) is 8.32. The first-order chi connectivity index (χ1) is 21.8. The molecule has 1 aromatic heterocycles. The molecule has 0 amide bonds. The molecule has 0 fully saturated rings. The fourth-order valence-electron chi connectivity index (χ4n) is 5.11. The zero-order valence-corrected chi connectivity index (χ0v) is 30.2. The van der Waals surface area contributed by atoms with E-state index in [2.05, 4.69) is 130 Å². The largest absolute Gasteiger partial charge is 0.457 e. The fraction of sp³-hybridized carbons (Fsp3) is 0.381. The Labute approximate surface area is 281 Å². The zero-order chi connectivity index (χ0) is 34.4. The maximum Gasteiger partial charge on any atom is 0.248 e. The molecule has 0 saturated carbocycles. The van der Waals surface area contributed by atoms with Crippen molar-refractivity contribution in [1.82, 2.24) is 10.2 Å². The van der Waals surface area contributed by atoms with Gasteiger partial charge in [-0.25, -0.2) is 0 Å². The van der Waals surface area contributed by atoms with Gasteiger partial charge in [0.1, 0.15) is 23.0 Å². The Balaban J connectivity index is 1.30. The van der Waals surface area contributed by atoms with E-state index in [1.807, 2.05) is 48.5 Å². The van der Waals surface area contributed by atoms with Crippen LogP contribution in [0.1, 0.15) is 105 Å². The van der Waals surface area contributed by atoms with Crippen LogP contribution in [0.4, 0.5) is 0 Å². The summed E-state index contributed by atoms with van der Waals surface area (Å²) in [5.41, 5.74) is 6.70. The van der Waals surface area contributed by atoms with Gasteiger partial charge >= 0.3 is 0 Å². The summed E-state index contributed by atoms with van der Waals surface area (Å²) in [6, 6.07) is 28.6.